The molecule has 0 fully saturated rings. The largest absolute Gasteiger partial charge is 0.478 e. The Hall–Kier alpha value is -1.62. The second-order valence-electron chi connectivity index (χ2n) is 4.71. The molecule has 0 aromatic carbocycles. The number of methoxy groups -OCH3 is 1. The van der Waals surface area contributed by atoms with Crippen LogP contribution in [0.4, 0.5) is 5.82 Å². The molecule has 0 amide bonds. The zero-order valence-corrected chi connectivity index (χ0v) is 11.3. The van der Waals surface area contributed by atoms with E-state index in [1.165, 1.54) is 6.07 Å². The van der Waals surface area contributed by atoms with Gasteiger partial charge in [0.15, 0.2) is 0 Å². The minimum Gasteiger partial charge on any atom is -0.478 e. The maximum absolute atomic E-state index is 11.0. The molecular formula is C13H20N2O3. The lowest BCUT2D eigenvalue weighted by molar-refractivity contribution is 0.0343. The highest BCUT2D eigenvalue weighted by Crippen LogP contribution is 2.14. The topological polar surface area (TPSA) is 71.5 Å². The standard InChI is InChI=1S/C13H20N2O3/c1-5-10-6-9(12(16)17)7-11(15-10)14-8-13(2,3)18-4/h6-7H,5,8H2,1-4H3,(H,14,15)(H,16,17). The van der Waals surface area contributed by atoms with E-state index >= 15 is 0 Å². The van der Waals surface area contributed by atoms with E-state index < -0.39 is 5.97 Å². The molecule has 5 nitrogen and oxygen atoms in total. The average Bonchev–Trinajstić information content (AvgIpc) is 2.36. The van der Waals surface area contributed by atoms with E-state index in [1.807, 2.05) is 20.8 Å². The summed E-state index contributed by atoms with van der Waals surface area (Å²) in [5.41, 5.74) is 0.681. The van der Waals surface area contributed by atoms with E-state index in [9.17, 15) is 4.79 Å². The van der Waals surface area contributed by atoms with E-state index in [2.05, 4.69) is 10.3 Å². The van der Waals surface area contributed by atoms with Crippen LogP contribution < -0.4 is 5.32 Å². The van der Waals surface area contributed by atoms with Crippen LogP contribution in [-0.2, 0) is 11.2 Å². The Morgan fingerprint density at radius 3 is 2.67 bits per heavy atom. The van der Waals surface area contributed by atoms with Crippen molar-refractivity contribution in [1.82, 2.24) is 4.98 Å². The van der Waals surface area contributed by atoms with Gasteiger partial charge in [-0.1, -0.05) is 6.92 Å². The molecule has 0 aliphatic heterocycles. The number of pyridine rings is 1. The number of hydrogen-bond acceptors (Lipinski definition) is 4. The van der Waals surface area contributed by atoms with Gasteiger partial charge < -0.3 is 15.2 Å². The van der Waals surface area contributed by atoms with Crippen LogP contribution in [0.15, 0.2) is 12.1 Å². The number of nitrogens with one attached hydrogen (secondary N) is 1. The van der Waals surface area contributed by atoms with Gasteiger partial charge in [0.1, 0.15) is 5.82 Å². The fourth-order valence-corrected chi connectivity index (χ4v) is 1.36. The number of carboxylic acid groups (broad SMARTS) is 1. The molecule has 1 heterocycles. The predicted octanol–water partition coefficient (Wildman–Crippen LogP) is 2.18. The van der Waals surface area contributed by atoms with Crippen molar-refractivity contribution in [2.45, 2.75) is 32.8 Å². The van der Waals surface area contributed by atoms with Gasteiger partial charge in [-0.05, 0) is 32.4 Å². The monoisotopic (exact) mass is 252 g/mol. The van der Waals surface area contributed by atoms with Gasteiger partial charge in [-0.15, -0.1) is 0 Å². The van der Waals surface area contributed by atoms with Crippen molar-refractivity contribution < 1.29 is 14.6 Å². The van der Waals surface area contributed by atoms with Crippen molar-refractivity contribution in [1.29, 1.82) is 0 Å². The summed E-state index contributed by atoms with van der Waals surface area (Å²) in [5, 5.41) is 12.1. The van der Waals surface area contributed by atoms with Crippen molar-refractivity contribution >= 4 is 11.8 Å². The van der Waals surface area contributed by atoms with E-state index in [-0.39, 0.29) is 11.2 Å². The Labute approximate surface area is 107 Å². The molecule has 0 radical (unpaired) electrons. The van der Waals surface area contributed by atoms with Gasteiger partial charge in [0, 0.05) is 19.3 Å². The molecule has 0 aliphatic carbocycles. The van der Waals surface area contributed by atoms with Gasteiger partial charge in [0.25, 0.3) is 0 Å². The first-order chi connectivity index (χ1) is 8.38. The van der Waals surface area contributed by atoms with Crippen molar-refractivity contribution in [3.05, 3.63) is 23.4 Å². The van der Waals surface area contributed by atoms with Crippen LogP contribution in [0.3, 0.4) is 0 Å². The minimum atomic E-state index is -0.943. The molecule has 0 atom stereocenters. The number of ether oxygens (including phenoxy) is 1. The maximum Gasteiger partial charge on any atom is 0.335 e. The SMILES string of the molecule is CCc1cc(C(=O)O)cc(NCC(C)(C)OC)n1. The average molecular weight is 252 g/mol. The zero-order chi connectivity index (χ0) is 13.8. The van der Waals surface area contributed by atoms with E-state index in [1.54, 1.807) is 13.2 Å². The smallest absolute Gasteiger partial charge is 0.335 e. The zero-order valence-electron chi connectivity index (χ0n) is 11.3. The van der Waals surface area contributed by atoms with Crippen molar-refractivity contribution in [2.75, 3.05) is 19.0 Å². The Kier molecular flexibility index (Phi) is 4.67. The second kappa shape index (κ2) is 5.82. The van der Waals surface area contributed by atoms with E-state index in [0.29, 0.717) is 18.8 Å². The van der Waals surface area contributed by atoms with Crippen LogP contribution in [0.25, 0.3) is 0 Å². The molecule has 18 heavy (non-hydrogen) atoms. The lowest BCUT2D eigenvalue weighted by atomic mass is 10.1. The normalized spacial score (nSPS) is 11.3. The summed E-state index contributed by atoms with van der Waals surface area (Å²) in [6.07, 6.45) is 0.698. The van der Waals surface area contributed by atoms with Gasteiger partial charge >= 0.3 is 5.97 Å². The molecule has 1 rings (SSSR count). The number of nitrogens with zero attached hydrogens (tertiary/aromatic N) is 1. The molecule has 1 aromatic rings. The molecular weight excluding hydrogens is 232 g/mol. The molecule has 1 aromatic heterocycles. The number of rotatable bonds is 6. The summed E-state index contributed by atoms with van der Waals surface area (Å²) in [4.78, 5) is 15.3. The first kappa shape index (κ1) is 14.4. The summed E-state index contributed by atoms with van der Waals surface area (Å²) in [6.45, 7) is 6.39. The highest BCUT2D eigenvalue weighted by molar-refractivity contribution is 5.88. The highest BCUT2D eigenvalue weighted by atomic mass is 16.5. The quantitative estimate of drug-likeness (QED) is 0.812. The van der Waals surface area contributed by atoms with Crippen LogP contribution in [0.2, 0.25) is 0 Å². The predicted molar refractivity (Wildman–Crippen MR) is 70.2 cm³/mol. The first-order valence-corrected chi connectivity index (χ1v) is 5.91. The Morgan fingerprint density at radius 2 is 2.17 bits per heavy atom. The minimum absolute atomic E-state index is 0.250. The Balaban J connectivity index is 2.88. The van der Waals surface area contributed by atoms with Crippen molar-refractivity contribution in [2.24, 2.45) is 0 Å². The van der Waals surface area contributed by atoms with Gasteiger partial charge in [-0.25, -0.2) is 9.78 Å². The molecule has 100 valence electrons. The second-order valence-corrected chi connectivity index (χ2v) is 4.71. The van der Waals surface area contributed by atoms with Crippen LogP contribution in [-0.4, -0.2) is 35.3 Å². The number of aryl methyl sites for hydroxylation is 1. The third-order valence-electron chi connectivity index (χ3n) is 2.74. The third kappa shape index (κ3) is 4.00. The summed E-state index contributed by atoms with van der Waals surface area (Å²) in [5.74, 6) is -0.377. The molecule has 0 unspecified atom stereocenters. The number of aromatic nitrogens is 1. The van der Waals surface area contributed by atoms with E-state index in [0.717, 1.165) is 5.69 Å². The van der Waals surface area contributed by atoms with Gasteiger partial charge in [0.05, 0.1) is 11.2 Å². The molecule has 0 saturated heterocycles. The lowest BCUT2D eigenvalue weighted by Crippen LogP contribution is -2.32. The number of carbonyl (C=O) groups is 1. The third-order valence-corrected chi connectivity index (χ3v) is 2.74. The van der Waals surface area contributed by atoms with Crippen molar-refractivity contribution in [3.63, 3.8) is 0 Å². The van der Waals surface area contributed by atoms with E-state index in [4.69, 9.17) is 9.84 Å². The Morgan fingerprint density at radius 1 is 1.50 bits per heavy atom. The molecule has 0 spiro atoms. The van der Waals surface area contributed by atoms with Crippen molar-refractivity contribution in [3.8, 4) is 0 Å². The van der Waals surface area contributed by atoms with Gasteiger partial charge in [-0.3, -0.25) is 0 Å². The van der Waals surface area contributed by atoms with Crippen LogP contribution in [0.5, 0.6) is 0 Å². The number of aromatic carboxylic acids is 1. The molecule has 2 N–H and O–H groups in total. The fraction of sp³-hybridized carbons (Fsp3) is 0.538. The van der Waals surface area contributed by atoms with Gasteiger partial charge in [0.2, 0.25) is 0 Å². The molecule has 0 aliphatic rings. The molecule has 0 saturated carbocycles. The number of carboxylic acids is 1. The van der Waals surface area contributed by atoms with Gasteiger partial charge in [-0.2, -0.15) is 0 Å². The first-order valence-electron chi connectivity index (χ1n) is 5.91. The molecule has 5 heteroatoms. The summed E-state index contributed by atoms with van der Waals surface area (Å²) < 4.78 is 5.29. The van der Waals surface area contributed by atoms with Crippen LogP contribution in [0.1, 0.15) is 36.8 Å². The maximum atomic E-state index is 11.0. The lowest BCUT2D eigenvalue weighted by Gasteiger charge is -2.23. The number of anilines is 1. The van der Waals surface area contributed by atoms with Crippen LogP contribution >= 0.6 is 0 Å². The number of hydrogen-bond donors (Lipinski definition) is 2. The fourth-order valence-electron chi connectivity index (χ4n) is 1.36. The van der Waals surface area contributed by atoms with Crippen LogP contribution in [0, 0.1) is 0 Å². The molecule has 0 bridgehead atoms. The summed E-state index contributed by atoms with van der Waals surface area (Å²) in [7, 11) is 1.64. The Bertz CT molecular complexity index is 430. The summed E-state index contributed by atoms with van der Waals surface area (Å²) >= 11 is 0. The summed E-state index contributed by atoms with van der Waals surface area (Å²) in [6, 6.07) is 3.13. The highest BCUT2D eigenvalue weighted by Gasteiger charge is 2.16.